The van der Waals surface area contributed by atoms with Gasteiger partial charge in [-0.3, -0.25) is 4.79 Å². The Kier molecular flexibility index (Phi) is 5.33. The second kappa shape index (κ2) is 7.68. The summed E-state index contributed by atoms with van der Waals surface area (Å²) in [4.78, 5) is 18.3. The van der Waals surface area contributed by atoms with E-state index in [4.69, 9.17) is 10.8 Å². The average molecular weight is 390 g/mol. The van der Waals surface area contributed by atoms with Gasteiger partial charge in [0.15, 0.2) is 0 Å². The summed E-state index contributed by atoms with van der Waals surface area (Å²) in [6, 6.07) is 8.23. The van der Waals surface area contributed by atoms with E-state index in [9.17, 15) is 18.0 Å². The van der Waals surface area contributed by atoms with E-state index in [1.165, 1.54) is 28.7 Å². The first-order valence-corrected chi connectivity index (χ1v) is 8.64. The number of alkyl halides is 3. The third-order valence-corrected chi connectivity index (χ3v) is 4.55. The van der Waals surface area contributed by atoms with Crippen molar-refractivity contribution in [2.75, 3.05) is 6.54 Å². The van der Waals surface area contributed by atoms with Gasteiger partial charge in [-0.1, -0.05) is 18.1 Å². The van der Waals surface area contributed by atoms with Crippen LogP contribution in [0.4, 0.5) is 13.2 Å². The van der Waals surface area contributed by atoms with Crippen molar-refractivity contribution < 1.29 is 22.4 Å². The van der Waals surface area contributed by atoms with Gasteiger partial charge >= 0.3 is 6.18 Å². The molecule has 0 unspecified atom stereocenters. The topological polar surface area (TPSA) is 46.3 Å². The van der Waals surface area contributed by atoms with Crippen molar-refractivity contribution in [2.45, 2.75) is 12.7 Å². The molecule has 0 radical (unpaired) electrons. The van der Waals surface area contributed by atoms with Crippen LogP contribution in [-0.4, -0.2) is 22.3 Å². The maximum atomic E-state index is 12.9. The maximum absolute atomic E-state index is 12.9. The van der Waals surface area contributed by atoms with E-state index in [1.807, 2.05) is 0 Å². The van der Waals surface area contributed by atoms with Crippen LogP contribution < -0.4 is 0 Å². The van der Waals surface area contributed by atoms with Crippen molar-refractivity contribution in [1.29, 1.82) is 0 Å². The fourth-order valence-electron chi connectivity index (χ4n) is 2.40. The van der Waals surface area contributed by atoms with Gasteiger partial charge < -0.3 is 9.32 Å². The molecule has 0 saturated heterocycles. The molecule has 0 bridgehead atoms. The van der Waals surface area contributed by atoms with E-state index in [0.717, 1.165) is 23.5 Å². The molecule has 0 aliphatic carbocycles. The second-order valence-corrected chi connectivity index (χ2v) is 6.42. The van der Waals surface area contributed by atoms with Crippen LogP contribution in [0.5, 0.6) is 0 Å². The molecule has 0 atom stereocenters. The number of benzene rings is 1. The molecule has 0 saturated carbocycles. The van der Waals surface area contributed by atoms with Gasteiger partial charge in [0.1, 0.15) is 16.5 Å². The number of carbonyl (C=O) groups excluding carboxylic acids is 1. The van der Waals surface area contributed by atoms with Crippen molar-refractivity contribution >= 4 is 17.2 Å². The number of amides is 1. The Bertz CT molecular complexity index is 972. The number of aromatic nitrogens is 1. The van der Waals surface area contributed by atoms with Crippen molar-refractivity contribution in [3.63, 3.8) is 0 Å². The van der Waals surface area contributed by atoms with E-state index in [1.54, 1.807) is 12.1 Å². The monoisotopic (exact) mass is 390 g/mol. The summed E-state index contributed by atoms with van der Waals surface area (Å²) in [5.41, 5.74) is -0.354. The van der Waals surface area contributed by atoms with E-state index in [2.05, 4.69) is 10.9 Å². The van der Waals surface area contributed by atoms with Gasteiger partial charge in [0.25, 0.3) is 5.91 Å². The predicted molar refractivity (Wildman–Crippen MR) is 94.8 cm³/mol. The molecule has 0 aliphatic rings. The lowest BCUT2D eigenvalue weighted by Crippen LogP contribution is -2.31. The Hall–Kier alpha value is -3.05. The predicted octanol–water partition coefficient (Wildman–Crippen LogP) is 4.70. The zero-order valence-corrected chi connectivity index (χ0v) is 14.7. The first-order valence-electron chi connectivity index (χ1n) is 7.77. The molecule has 8 heteroatoms. The van der Waals surface area contributed by atoms with Gasteiger partial charge in [-0.15, -0.1) is 17.8 Å². The molecule has 27 heavy (non-hydrogen) atoms. The zero-order valence-electron chi connectivity index (χ0n) is 13.9. The van der Waals surface area contributed by atoms with Crippen LogP contribution in [0.3, 0.4) is 0 Å². The molecule has 3 rings (SSSR count). The highest BCUT2D eigenvalue weighted by Gasteiger charge is 2.30. The van der Waals surface area contributed by atoms with Crippen LogP contribution in [0.15, 0.2) is 52.5 Å². The number of hydrogen-bond acceptors (Lipinski definition) is 4. The van der Waals surface area contributed by atoms with Gasteiger partial charge in [0.2, 0.25) is 0 Å². The molecule has 1 aromatic carbocycles. The number of hydrogen-bond donors (Lipinski definition) is 0. The SMILES string of the molecule is C#CCN(Cc1ccco1)C(=O)c1csc(-c2cccc(C(F)(F)F)c2)n1. The first kappa shape index (κ1) is 18.7. The lowest BCUT2D eigenvalue weighted by atomic mass is 10.1. The molecule has 0 N–H and O–H groups in total. The van der Waals surface area contributed by atoms with Crippen molar-refractivity contribution in [1.82, 2.24) is 9.88 Å². The molecule has 0 aliphatic heterocycles. The highest BCUT2D eigenvalue weighted by atomic mass is 32.1. The number of halogens is 3. The molecule has 2 aromatic heterocycles. The van der Waals surface area contributed by atoms with Crippen LogP contribution in [0.25, 0.3) is 10.6 Å². The molecule has 138 valence electrons. The van der Waals surface area contributed by atoms with Crippen molar-refractivity contribution in [3.05, 3.63) is 65.1 Å². The average Bonchev–Trinajstić information content (AvgIpc) is 3.32. The Balaban J connectivity index is 1.84. The summed E-state index contributed by atoms with van der Waals surface area (Å²) in [5, 5.41) is 1.83. The molecule has 1 amide bonds. The standard InChI is InChI=1S/C19H13F3N2O2S/c1-2-8-24(11-15-7-4-9-26-15)18(25)16-12-27-17(23-16)13-5-3-6-14(10-13)19(20,21)22/h1,3-7,9-10,12H,8,11H2. The molecule has 3 aromatic rings. The van der Waals surface area contributed by atoms with Crippen molar-refractivity contribution in [3.8, 4) is 22.9 Å². The molecule has 0 fully saturated rings. The second-order valence-electron chi connectivity index (χ2n) is 5.56. The Morgan fingerprint density at radius 2 is 2.11 bits per heavy atom. The summed E-state index contributed by atoms with van der Waals surface area (Å²) in [7, 11) is 0. The largest absolute Gasteiger partial charge is 0.467 e. The van der Waals surface area contributed by atoms with Crippen LogP contribution in [0, 0.1) is 12.3 Å². The number of furan rings is 1. The Labute approximate surface area is 157 Å². The number of thiazole rings is 1. The fraction of sp³-hybridized carbons (Fsp3) is 0.158. The number of carbonyl (C=O) groups is 1. The molecule has 2 heterocycles. The highest BCUT2D eigenvalue weighted by molar-refractivity contribution is 7.13. The van der Waals surface area contributed by atoms with E-state index in [0.29, 0.717) is 16.3 Å². The molecule has 0 spiro atoms. The third kappa shape index (κ3) is 4.38. The lowest BCUT2D eigenvalue weighted by molar-refractivity contribution is -0.137. The Morgan fingerprint density at radius 3 is 2.78 bits per heavy atom. The van der Waals surface area contributed by atoms with Gasteiger partial charge in [0, 0.05) is 10.9 Å². The molecular weight excluding hydrogens is 377 g/mol. The quantitative estimate of drug-likeness (QED) is 0.594. The fourth-order valence-corrected chi connectivity index (χ4v) is 3.19. The summed E-state index contributed by atoms with van der Waals surface area (Å²) in [5.74, 6) is 2.55. The summed E-state index contributed by atoms with van der Waals surface area (Å²) >= 11 is 1.09. The van der Waals surface area contributed by atoms with Gasteiger partial charge in [-0.2, -0.15) is 13.2 Å². The van der Waals surface area contributed by atoms with E-state index >= 15 is 0 Å². The van der Waals surface area contributed by atoms with Crippen LogP contribution in [-0.2, 0) is 12.7 Å². The van der Waals surface area contributed by atoms with E-state index in [-0.39, 0.29) is 18.8 Å². The van der Waals surface area contributed by atoms with Crippen LogP contribution in [0.2, 0.25) is 0 Å². The van der Waals surface area contributed by atoms with Crippen molar-refractivity contribution in [2.24, 2.45) is 0 Å². The van der Waals surface area contributed by atoms with E-state index < -0.39 is 17.6 Å². The van der Waals surface area contributed by atoms with Gasteiger partial charge in [-0.25, -0.2) is 4.98 Å². The summed E-state index contributed by atoms with van der Waals surface area (Å²) in [6.07, 6.45) is 2.37. The number of terminal acetylenes is 1. The summed E-state index contributed by atoms with van der Waals surface area (Å²) in [6.45, 7) is 0.225. The van der Waals surface area contributed by atoms with Crippen LogP contribution in [0.1, 0.15) is 21.8 Å². The zero-order chi connectivity index (χ0) is 19.4. The van der Waals surface area contributed by atoms with Gasteiger partial charge in [0.05, 0.1) is 24.9 Å². The minimum absolute atomic E-state index is 0.0515. The lowest BCUT2D eigenvalue weighted by Gasteiger charge is -2.17. The van der Waals surface area contributed by atoms with Gasteiger partial charge in [-0.05, 0) is 24.3 Å². The Morgan fingerprint density at radius 1 is 1.30 bits per heavy atom. The smallest absolute Gasteiger partial charge is 0.416 e. The minimum Gasteiger partial charge on any atom is -0.467 e. The first-order chi connectivity index (χ1) is 12.9. The summed E-state index contributed by atoms with van der Waals surface area (Å²) < 4.78 is 43.9. The minimum atomic E-state index is -4.45. The third-order valence-electron chi connectivity index (χ3n) is 3.66. The number of nitrogens with zero attached hydrogens (tertiary/aromatic N) is 2. The molecular formula is C19H13F3N2O2S. The number of rotatable bonds is 5. The maximum Gasteiger partial charge on any atom is 0.416 e. The normalized spacial score (nSPS) is 11.2. The van der Waals surface area contributed by atoms with Crippen LogP contribution >= 0.6 is 11.3 Å². The highest BCUT2D eigenvalue weighted by Crippen LogP contribution is 2.33. The molecule has 4 nitrogen and oxygen atoms in total.